The molecule has 1 saturated carbocycles. The summed E-state index contributed by atoms with van der Waals surface area (Å²) in [4.78, 5) is 3.28. The Bertz CT molecular complexity index is 637. The van der Waals surface area contributed by atoms with Crippen molar-refractivity contribution < 1.29 is 4.74 Å². The molecule has 1 N–H and O–H groups in total. The number of nitrogens with zero attached hydrogens (tertiary/aromatic N) is 1. The SMILES string of the molecule is CCOc1cccc2c1[nH]c(=S)n2CC1(C)CC1. The molecule has 3 rings (SSSR count). The van der Waals surface area contributed by atoms with Gasteiger partial charge in [0.2, 0.25) is 0 Å². The lowest BCUT2D eigenvalue weighted by atomic mass is 10.1. The van der Waals surface area contributed by atoms with Crippen LogP contribution in [0.1, 0.15) is 26.7 Å². The molecule has 0 unspecified atom stereocenters. The standard InChI is InChI=1S/C14H18N2OS/c1-3-17-11-6-4-5-10-12(11)15-13(18)16(10)9-14(2)7-8-14/h4-6H,3,7-9H2,1-2H3,(H,15,18). The molecule has 0 radical (unpaired) electrons. The van der Waals surface area contributed by atoms with Crippen molar-refractivity contribution in [3.63, 3.8) is 0 Å². The Labute approximate surface area is 112 Å². The van der Waals surface area contributed by atoms with E-state index < -0.39 is 0 Å². The van der Waals surface area contributed by atoms with Crippen molar-refractivity contribution >= 4 is 23.3 Å². The minimum atomic E-state index is 0.439. The maximum Gasteiger partial charge on any atom is 0.178 e. The number of hydrogen-bond acceptors (Lipinski definition) is 2. The second kappa shape index (κ2) is 4.12. The molecule has 1 aliphatic carbocycles. The molecule has 4 heteroatoms. The van der Waals surface area contributed by atoms with Gasteiger partial charge in [-0.05, 0) is 49.5 Å². The third kappa shape index (κ3) is 1.94. The van der Waals surface area contributed by atoms with Crippen LogP contribution in [0.5, 0.6) is 5.75 Å². The van der Waals surface area contributed by atoms with E-state index in [2.05, 4.69) is 22.5 Å². The number of ether oxygens (including phenoxy) is 1. The van der Waals surface area contributed by atoms with Gasteiger partial charge in [0.15, 0.2) is 4.77 Å². The van der Waals surface area contributed by atoms with E-state index in [1.807, 2.05) is 19.1 Å². The van der Waals surface area contributed by atoms with E-state index in [-0.39, 0.29) is 0 Å². The zero-order valence-corrected chi connectivity index (χ0v) is 11.6. The minimum Gasteiger partial charge on any atom is -0.492 e. The first-order valence-corrected chi connectivity index (χ1v) is 6.88. The number of H-pyrrole nitrogens is 1. The highest BCUT2D eigenvalue weighted by molar-refractivity contribution is 7.71. The van der Waals surface area contributed by atoms with Gasteiger partial charge < -0.3 is 14.3 Å². The van der Waals surface area contributed by atoms with Gasteiger partial charge in [-0.3, -0.25) is 0 Å². The van der Waals surface area contributed by atoms with Gasteiger partial charge in [0.05, 0.1) is 12.1 Å². The molecule has 3 nitrogen and oxygen atoms in total. The van der Waals surface area contributed by atoms with Crippen molar-refractivity contribution in [1.29, 1.82) is 0 Å². The van der Waals surface area contributed by atoms with Crippen LogP contribution in [0.3, 0.4) is 0 Å². The van der Waals surface area contributed by atoms with Gasteiger partial charge in [-0.25, -0.2) is 0 Å². The fourth-order valence-electron chi connectivity index (χ4n) is 2.34. The average molecular weight is 262 g/mol. The molecule has 1 heterocycles. The van der Waals surface area contributed by atoms with Crippen LogP contribution in [0, 0.1) is 10.2 Å². The average Bonchev–Trinajstić information content (AvgIpc) is 2.98. The lowest BCUT2D eigenvalue weighted by molar-refractivity contribution is 0.343. The summed E-state index contributed by atoms with van der Waals surface area (Å²) in [5, 5.41) is 0. The number of nitrogens with one attached hydrogen (secondary N) is 1. The van der Waals surface area contributed by atoms with E-state index in [9.17, 15) is 0 Å². The quantitative estimate of drug-likeness (QED) is 0.847. The van der Waals surface area contributed by atoms with Crippen LogP contribution in [0.4, 0.5) is 0 Å². The molecule has 96 valence electrons. The van der Waals surface area contributed by atoms with Crippen LogP contribution in [0.2, 0.25) is 0 Å². The van der Waals surface area contributed by atoms with E-state index in [1.165, 1.54) is 12.8 Å². The first kappa shape index (κ1) is 11.8. The van der Waals surface area contributed by atoms with Gasteiger partial charge in [0, 0.05) is 6.54 Å². The maximum absolute atomic E-state index is 5.64. The number of hydrogen-bond donors (Lipinski definition) is 1. The molecule has 1 aromatic heterocycles. The van der Waals surface area contributed by atoms with Crippen LogP contribution in [0.25, 0.3) is 11.0 Å². The molecule has 2 aromatic rings. The smallest absolute Gasteiger partial charge is 0.178 e. The number of aromatic amines is 1. The van der Waals surface area contributed by atoms with Gasteiger partial charge in [-0.15, -0.1) is 0 Å². The molecule has 0 aliphatic heterocycles. The lowest BCUT2D eigenvalue weighted by Crippen LogP contribution is -2.07. The molecule has 18 heavy (non-hydrogen) atoms. The molecule has 1 fully saturated rings. The van der Waals surface area contributed by atoms with Crippen LogP contribution in [0.15, 0.2) is 18.2 Å². The van der Waals surface area contributed by atoms with Crippen LogP contribution in [-0.4, -0.2) is 16.2 Å². The summed E-state index contributed by atoms with van der Waals surface area (Å²) in [6.45, 7) is 5.99. The highest BCUT2D eigenvalue weighted by Gasteiger charge is 2.38. The molecule has 1 aliphatic rings. The summed E-state index contributed by atoms with van der Waals surface area (Å²) < 4.78 is 8.65. The fraction of sp³-hybridized carbons (Fsp3) is 0.500. The molecule has 0 spiro atoms. The number of fused-ring (bicyclic) bond motifs is 1. The van der Waals surface area contributed by atoms with E-state index >= 15 is 0 Å². The predicted octanol–water partition coefficient (Wildman–Crippen LogP) is 3.90. The van der Waals surface area contributed by atoms with Crippen molar-refractivity contribution in [3.8, 4) is 5.75 Å². The number of para-hydroxylation sites is 1. The number of aromatic nitrogens is 2. The Morgan fingerprint density at radius 2 is 2.22 bits per heavy atom. The van der Waals surface area contributed by atoms with Gasteiger partial charge in [0.1, 0.15) is 11.3 Å². The molecule has 1 aromatic carbocycles. The Hall–Kier alpha value is -1.29. The van der Waals surface area contributed by atoms with E-state index in [0.717, 1.165) is 28.1 Å². The number of imidazole rings is 1. The Morgan fingerprint density at radius 1 is 1.44 bits per heavy atom. The van der Waals surface area contributed by atoms with E-state index in [0.29, 0.717) is 12.0 Å². The van der Waals surface area contributed by atoms with Gasteiger partial charge in [-0.1, -0.05) is 13.0 Å². The zero-order chi connectivity index (χ0) is 12.8. The summed E-state index contributed by atoms with van der Waals surface area (Å²) in [5.41, 5.74) is 2.61. The third-order valence-electron chi connectivity index (χ3n) is 3.72. The first-order valence-electron chi connectivity index (χ1n) is 6.47. The van der Waals surface area contributed by atoms with E-state index in [1.54, 1.807) is 0 Å². The third-order valence-corrected chi connectivity index (χ3v) is 4.04. The van der Waals surface area contributed by atoms with Gasteiger partial charge >= 0.3 is 0 Å². The minimum absolute atomic E-state index is 0.439. The van der Waals surface area contributed by atoms with Crippen molar-refractivity contribution in [3.05, 3.63) is 23.0 Å². The normalized spacial score (nSPS) is 17.0. The van der Waals surface area contributed by atoms with Gasteiger partial charge in [-0.2, -0.15) is 0 Å². The lowest BCUT2D eigenvalue weighted by Gasteiger charge is -2.10. The summed E-state index contributed by atoms with van der Waals surface area (Å²) >= 11 is 5.44. The fourth-order valence-corrected chi connectivity index (χ4v) is 2.60. The molecule has 0 atom stereocenters. The molecule has 0 saturated heterocycles. The van der Waals surface area contributed by atoms with Crippen molar-refractivity contribution in [2.75, 3.05) is 6.61 Å². The Balaban J connectivity index is 2.11. The molecular weight excluding hydrogens is 244 g/mol. The topological polar surface area (TPSA) is 29.9 Å². The second-order valence-electron chi connectivity index (χ2n) is 5.41. The Kier molecular flexibility index (Phi) is 2.70. The van der Waals surface area contributed by atoms with Crippen LogP contribution >= 0.6 is 12.2 Å². The first-order chi connectivity index (χ1) is 8.63. The second-order valence-corrected chi connectivity index (χ2v) is 5.80. The number of rotatable bonds is 4. The zero-order valence-electron chi connectivity index (χ0n) is 10.8. The summed E-state index contributed by atoms with van der Waals surface area (Å²) in [7, 11) is 0. The largest absolute Gasteiger partial charge is 0.492 e. The highest BCUT2D eigenvalue weighted by atomic mass is 32.1. The molecular formula is C14H18N2OS. The van der Waals surface area contributed by atoms with Crippen molar-refractivity contribution in [2.45, 2.75) is 33.2 Å². The molecule has 0 bridgehead atoms. The molecule has 0 amide bonds. The van der Waals surface area contributed by atoms with Crippen LogP contribution < -0.4 is 4.74 Å². The Morgan fingerprint density at radius 3 is 2.89 bits per heavy atom. The van der Waals surface area contributed by atoms with Crippen LogP contribution in [-0.2, 0) is 6.54 Å². The monoisotopic (exact) mass is 262 g/mol. The summed E-state index contributed by atoms with van der Waals surface area (Å²) in [6, 6.07) is 6.12. The van der Waals surface area contributed by atoms with E-state index in [4.69, 9.17) is 17.0 Å². The van der Waals surface area contributed by atoms with Gasteiger partial charge in [0.25, 0.3) is 0 Å². The van der Waals surface area contributed by atoms with Crippen molar-refractivity contribution in [1.82, 2.24) is 9.55 Å². The predicted molar refractivity (Wildman–Crippen MR) is 75.6 cm³/mol. The highest BCUT2D eigenvalue weighted by Crippen LogP contribution is 2.47. The summed E-state index contributed by atoms with van der Waals surface area (Å²) in [6.07, 6.45) is 2.60. The number of benzene rings is 1. The van der Waals surface area contributed by atoms with Crippen molar-refractivity contribution in [2.24, 2.45) is 5.41 Å². The maximum atomic E-state index is 5.64. The summed E-state index contributed by atoms with van der Waals surface area (Å²) in [5.74, 6) is 0.890.